The van der Waals surface area contributed by atoms with Crippen molar-refractivity contribution in [1.29, 1.82) is 0 Å². The molecular weight excluding hydrogens is 178 g/mol. The second kappa shape index (κ2) is 3.62. The number of primary amides is 1. The van der Waals surface area contributed by atoms with Gasteiger partial charge in [-0.15, -0.1) is 11.6 Å². The van der Waals surface area contributed by atoms with Crippen LogP contribution in [0, 0.1) is 5.41 Å². The summed E-state index contributed by atoms with van der Waals surface area (Å²) in [5.41, 5.74) is 4.66. The van der Waals surface area contributed by atoms with E-state index in [1.807, 2.05) is 0 Å². The average molecular weight is 192 g/mol. The number of halogens is 1. The van der Waals surface area contributed by atoms with Crippen molar-refractivity contribution in [3.63, 3.8) is 0 Å². The zero-order chi connectivity index (χ0) is 9.19. The van der Waals surface area contributed by atoms with Crippen LogP contribution in [0.25, 0.3) is 0 Å². The zero-order valence-corrected chi connectivity index (χ0v) is 7.68. The quantitative estimate of drug-likeness (QED) is 0.643. The second-order valence-electron chi connectivity index (χ2n) is 3.49. The van der Waals surface area contributed by atoms with Crippen molar-refractivity contribution in [2.75, 3.05) is 6.61 Å². The van der Waals surface area contributed by atoms with Gasteiger partial charge in [0.15, 0.2) is 0 Å². The molecule has 4 heteroatoms. The van der Waals surface area contributed by atoms with Gasteiger partial charge in [0.05, 0.1) is 6.61 Å². The molecular formula is C8H14ClNO2. The summed E-state index contributed by atoms with van der Waals surface area (Å²) in [6.07, 6.45) is 3.66. The summed E-state index contributed by atoms with van der Waals surface area (Å²) in [7, 11) is 0. The zero-order valence-electron chi connectivity index (χ0n) is 6.92. The van der Waals surface area contributed by atoms with E-state index in [9.17, 15) is 4.79 Å². The monoisotopic (exact) mass is 191 g/mol. The lowest BCUT2D eigenvalue weighted by Crippen LogP contribution is -2.41. The maximum atomic E-state index is 10.8. The molecule has 1 aliphatic carbocycles. The summed E-state index contributed by atoms with van der Waals surface area (Å²) < 4.78 is 0. The number of aliphatic hydroxyl groups excluding tert-OH is 1. The van der Waals surface area contributed by atoms with Crippen LogP contribution in [0.15, 0.2) is 0 Å². The molecule has 70 valence electrons. The number of aliphatic hydroxyl groups is 1. The van der Waals surface area contributed by atoms with Gasteiger partial charge in [-0.05, 0) is 12.8 Å². The SMILES string of the molecule is NC(=O)C(Cl)C1(CO)CCCC1. The van der Waals surface area contributed by atoms with E-state index in [0.717, 1.165) is 25.7 Å². The number of carbonyl (C=O) groups excluding carboxylic acids is 1. The van der Waals surface area contributed by atoms with E-state index in [-0.39, 0.29) is 6.61 Å². The van der Waals surface area contributed by atoms with Crippen LogP contribution in [0.1, 0.15) is 25.7 Å². The minimum atomic E-state index is -0.718. The predicted molar refractivity (Wildman–Crippen MR) is 46.8 cm³/mol. The Morgan fingerprint density at radius 1 is 1.58 bits per heavy atom. The summed E-state index contributed by atoms with van der Waals surface area (Å²) in [5, 5.41) is 8.43. The fourth-order valence-corrected chi connectivity index (χ4v) is 2.16. The number of alkyl halides is 1. The van der Waals surface area contributed by atoms with Gasteiger partial charge in [-0.1, -0.05) is 12.8 Å². The Kier molecular flexibility index (Phi) is 2.96. The summed E-state index contributed by atoms with van der Waals surface area (Å²) >= 11 is 5.84. The number of hydrogen-bond acceptors (Lipinski definition) is 2. The summed E-state index contributed by atoms with van der Waals surface area (Å²) in [4.78, 5) is 10.8. The molecule has 0 aromatic carbocycles. The maximum absolute atomic E-state index is 10.8. The molecule has 0 heterocycles. The Morgan fingerprint density at radius 2 is 2.08 bits per heavy atom. The van der Waals surface area contributed by atoms with Crippen molar-refractivity contribution in [3.8, 4) is 0 Å². The fourth-order valence-electron chi connectivity index (χ4n) is 1.87. The lowest BCUT2D eigenvalue weighted by molar-refractivity contribution is -0.120. The smallest absolute Gasteiger partial charge is 0.236 e. The van der Waals surface area contributed by atoms with E-state index in [1.54, 1.807) is 0 Å². The highest BCUT2D eigenvalue weighted by atomic mass is 35.5. The first-order valence-corrected chi connectivity index (χ1v) is 4.60. The molecule has 1 unspecified atom stereocenters. The van der Waals surface area contributed by atoms with E-state index in [2.05, 4.69) is 0 Å². The lowest BCUT2D eigenvalue weighted by Gasteiger charge is -2.29. The molecule has 0 spiro atoms. The molecule has 3 N–H and O–H groups in total. The van der Waals surface area contributed by atoms with E-state index >= 15 is 0 Å². The van der Waals surface area contributed by atoms with Crippen molar-refractivity contribution >= 4 is 17.5 Å². The minimum Gasteiger partial charge on any atom is -0.396 e. The molecule has 3 nitrogen and oxygen atoms in total. The standard InChI is InChI=1S/C8H14ClNO2/c9-6(7(10)12)8(5-11)3-1-2-4-8/h6,11H,1-5H2,(H2,10,12). The topological polar surface area (TPSA) is 63.3 Å². The van der Waals surface area contributed by atoms with Crippen LogP contribution in [0.4, 0.5) is 0 Å². The molecule has 0 saturated heterocycles. The normalized spacial score (nSPS) is 23.8. The van der Waals surface area contributed by atoms with E-state index < -0.39 is 16.7 Å². The molecule has 1 fully saturated rings. The summed E-state index contributed by atoms with van der Waals surface area (Å²) in [6, 6.07) is 0. The lowest BCUT2D eigenvalue weighted by atomic mass is 9.83. The minimum absolute atomic E-state index is 0.0376. The van der Waals surface area contributed by atoms with E-state index in [1.165, 1.54) is 0 Å². The van der Waals surface area contributed by atoms with Gasteiger partial charge in [0.25, 0.3) is 0 Å². The van der Waals surface area contributed by atoms with Gasteiger partial charge in [-0.2, -0.15) is 0 Å². The van der Waals surface area contributed by atoms with Gasteiger partial charge < -0.3 is 10.8 Å². The van der Waals surface area contributed by atoms with Crippen LogP contribution in [0.5, 0.6) is 0 Å². The predicted octanol–water partition coefficient (Wildman–Crippen LogP) is 0.632. The fraction of sp³-hybridized carbons (Fsp3) is 0.875. The summed E-state index contributed by atoms with van der Waals surface area (Å²) in [6.45, 7) is -0.0376. The van der Waals surface area contributed by atoms with Gasteiger partial charge in [0.1, 0.15) is 5.38 Å². The van der Waals surface area contributed by atoms with Crippen LogP contribution in [0.3, 0.4) is 0 Å². The Bertz CT molecular complexity index is 178. The first-order valence-electron chi connectivity index (χ1n) is 4.17. The number of hydrogen-bond donors (Lipinski definition) is 2. The van der Waals surface area contributed by atoms with Gasteiger partial charge in [0.2, 0.25) is 5.91 Å². The van der Waals surface area contributed by atoms with Crippen LogP contribution in [-0.2, 0) is 4.79 Å². The molecule has 0 aliphatic heterocycles. The van der Waals surface area contributed by atoms with Crippen molar-refractivity contribution in [3.05, 3.63) is 0 Å². The van der Waals surface area contributed by atoms with Gasteiger partial charge in [-0.25, -0.2) is 0 Å². The first-order chi connectivity index (χ1) is 5.62. The molecule has 1 saturated carbocycles. The number of amides is 1. The number of carbonyl (C=O) groups is 1. The highest BCUT2D eigenvalue weighted by Crippen LogP contribution is 2.42. The third kappa shape index (κ3) is 1.57. The molecule has 0 aromatic rings. The first kappa shape index (κ1) is 9.81. The third-order valence-electron chi connectivity index (χ3n) is 2.70. The maximum Gasteiger partial charge on any atom is 0.236 e. The molecule has 1 aliphatic rings. The van der Waals surface area contributed by atoms with Gasteiger partial charge >= 0.3 is 0 Å². The molecule has 1 rings (SSSR count). The van der Waals surface area contributed by atoms with Crippen molar-refractivity contribution < 1.29 is 9.90 Å². The van der Waals surface area contributed by atoms with Crippen LogP contribution >= 0.6 is 11.6 Å². The molecule has 0 radical (unpaired) electrons. The number of nitrogens with two attached hydrogens (primary N) is 1. The Morgan fingerprint density at radius 3 is 2.42 bits per heavy atom. The van der Waals surface area contributed by atoms with Crippen molar-refractivity contribution in [1.82, 2.24) is 0 Å². The Labute approximate surface area is 76.9 Å². The molecule has 1 atom stereocenters. The summed E-state index contributed by atoms with van der Waals surface area (Å²) in [5.74, 6) is -0.521. The highest BCUT2D eigenvalue weighted by molar-refractivity contribution is 6.31. The largest absolute Gasteiger partial charge is 0.396 e. The van der Waals surface area contributed by atoms with Crippen molar-refractivity contribution in [2.24, 2.45) is 11.1 Å². The van der Waals surface area contributed by atoms with E-state index in [4.69, 9.17) is 22.4 Å². The van der Waals surface area contributed by atoms with Gasteiger partial charge in [-0.3, -0.25) is 4.79 Å². The van der Waals surface area contributed by atoms with Crippen LogP contribution in [-0.4, -0.2) is 23.0 Å². The van der Waals surface area contributed by atoms with E-state index in [0.29, 0.717) is 0 Å². The van der Waals surface area contributed by atoms with Crippen LogP contribution < -0.4 is 5.73 Å². The van der Waals surface area contributed by atoms with Gasteiger partial charge in [0, 0.05) is 5.41 Å². The molecule has 12 heavy (non-hydrogen) atoms. The average Bonchev–Trinajstić information content (AvgIpc) is 2.52. The highest BCUT2D eigenvalue weighted by Gasteiger charge is 2.42. The second-order valence-corrected chi connectivity index (χ2v) is 3.93. The third-order valence-corrected chi connectivity index (χ3v) is 3.38. The number of rotatable bonds is 3. The Hall–Kier alpha value is -0.280. The molecule has 0 bridgehead atoms. The van der Waals surface area contributed by atoms with Crippen molar-refractivity contribution in [2.45, 2.75) is 31.1 Å². The van der Waals surface area contributed by atoms with Crippen LogP contribution in [0.2, 0.25) is 0 Å². The molecule has 1 amide bonds. The molecule has 0 aromatic heterocycles. The Balaban J connectivity index is 2.71.